The third kappa shape index (κ3) is 2.19. The van der Waals surface area contributed by atoms with E-state index in [2.05, 4.69) is 5.32 Å². The summed E-state index contributed by atoms with van der Waals surface area (Å²) in [7, 11) is 0. The topological polar surface area (TPSA) is 106 Å². The number of nitrogens with one attached hydrogen (secondary N) is 2. The lowest BCUT2D eigenvalue weighted by molar-refractivity contribution is -0.889. The molecule has 6 atom stereocenters. The van der Waals surface area contributed by atoms with Crippen LogP contribution in [0.1, 0.15) is 40.7 Å². The Bertz CT molecular complexity index is 1040. The first kappa shape index (κ1) is 18.0. The largest absolute Gasteiger partial charge is 0.634 e. The second kappa shape index (κ2) is 6.12. The number of benzene rings is 2. The third-order valence-electron chi connectivity index (χ3n) is 7.85. The van der Waals surface area contributed by atoms with E-state index in [1.54, 1.807) is 12.1 Å². The highest BCUT2D eigenvalue weighted by molar-refractivity contribution is 5.94. The zero-order valence-electron chi connectivity index (χ0n) is 16.4. The molecular formula is C23H24N2O5. The van der Waals surface area contributed by atoms with E-state index < -0.39 is 5.41 Å². The van der Waals surface area contributed by atoms with E-state index in [4.69, 9.17) is 4.74 Å². The molecule has 0 radical (unpaired) electrons. The van der Waals surface area contributed by atoms with Crippen LogP contribution < -0.4 is 15.1 Å². The standard InChI is InChI=1S/C23H24N2O5/c26-17-11-18-19-13(20(17)27)10-16-14-6-7-15(24-22(28)12-4-2-1-3-5-12)21(30-18)23(14,19)8-9-25(16)29/h1-5,11,14-16,21,25-27H,6-10H2,(H,24,28)/t14-,15-,16+,21-,23-/m0/s1. The fourth-order valence-electron chi connectivity index (χ4n) is 6.70. The Hall–Kier alpha value is -2.77. The molecule has 1 amide bonds. The van der Waals surface area contributed by atoms with Gasteiger partial charge in [0, 0.05) is 41.5 Å². The molecule has 1 spiro atoms. The van der Waals surface area contributed by atoms with Crippen molar-refractivity contribution in [2.75, 3.05) is 6.54 Å². The van der Waals surface area contributed by atoms with Crippen LogP contribution in [-0.2, 0) is 11.8 Å². The number of phenols is 2. The lowest BCUT2D eigenvalue weighted by atomic mass is 9.51. The summed E-state index contributed by atoms with van der Waals surface area (Å²) >= 11 is 0. The number of quaternary nitrogens is 1. The maximum absolute atomic E-state index is 12.9. The first-order valence-corrected chi connectivity index (χ1v) is 10.6. The van der Waals surface area contributed by atoms with E-state index in [0.29, 0.717) is 36.3 Å². The minimum absolute atomic E-state index is 0.133. The Labute approximate surface area is 173 Å². The maximum Gasteiger partial charge on any atom is 0.251 e. The van der Waals surface area contributed by atoms with E-state index in [1.807, 2.05) is 18.2 Å². The van der Waals surface area contributed by atoms with E-state index in [1.165, 1.54) is 6.07 Å². The van der Waals surface area contributed by atoms with Gasteiger partial charge in [-0.2, -0.15) is 0 Å². The molecule has 2 aliphatic heterocycles. The van der Waals surface area contributed by atoms with Crippen LogP contribution in [0.2, 0.25) is 0 Å². The summed E-state index contributed by atoms with van der Waals surface area (Å²) in [6.07, 6.45) is 2.36. The minimum Gasteiger partial charge on any atom is -0.634 e. The van der Waals surface area contributed by atoms with Crippen LogP contribution in [0.3, 0.4) is 0 Å². The number of amides is 1. The second-order valence-corrected chi connectivity index (χ2v) is 9.08. The van der Waals surface area contributed by atoms with Gasteiger partial charge < -0.3 is 30.5 Å². The molecule has 2 heterocycles. The van der Waals surface area contributed by atoms with E-state index in [9.17, 15) is 20.2 Å². The van der Waals surface area contributed by atoms with Gasteiger partial charge in [0.15, 0.2) is 11.5 Å². The van der Waals surface area contributed by atoms with Gasteiger partial charge >= 0.3 is 0 Å². The molecule has 4 N–H and O–H groups in total. The number of piperidine rings is 1. The predicted molar refractivity (Wildman–Crippen MR) is 108 cm³/mol. The van der Waals surface area contributed by atoms with Crippen molar-refractivity contribution in [1.29, 1.82) is 0 Å². The molecule has 1 saturated carbocycles. The van der Waals surface area contributed by atoms with Gasteiger partial charge in [0.1, 0.15) is 11.9 Å². The number of carbonyl (C=O) groups is 1. The molecule has 1 unspecified atom stereocenters. The molecule has 7 heteroatoms. The minimum atomic E-state index is -0.403. The van der Waals surface area contributed by atoms with Gasteiger partial charge in [0.25, 0.3) is 5.91 Å². The van der Waals surface area contributed by atoms with Gasteiger partial charge in [-0.3, -0.25) is 4.79 Å². The summed E-state index contributed by atoms with van der Waals surface area (Å²) in [5, 5.41) is 37.0. The Morgan fingerprint density at radius 2 is 2.03 bits per heavy atom. The first-order valence-electron chi connectivity index (χ1n) is 10.6. The number of hydroxylamine groups is 2. The smallest absolute Gasteiger partial charge is 0.251 e. The maximum atomic E-state index is 12.9. The summed E-state index contributed by atoms with van der Waals surface area (Å²) < 4.78 is 6.40. The van der Waals surface area contributed by atoms with Gasteiger partial charge in [-0.1, -0.05) is 18.2 Å². The molecule has 0 aromatic heterocycles. The van der Waals surface area contributed by atoms with Crippen molar-refractivity contribution < 1.29 is 24.8 Å². The fraction of sp³-hybridized carbons (Fsp3) is 0.435. The average Bonchev–Trinajstić information content (AvgIpc) is 3.08. The second-order valence-electron chi connectivity index (χ2n) is 9.08. The molecule has 2 aromatic rings. The van der Waals surface area contributed by atoms with Crippen LogP contribution in [0.25, 0.3) is 0 Å². The van der Waals surface area contributed by atoms with Crippen LogP contribution in [0.5, 0.6) is 17.2 Å². The number of ether oxygens (including phenoxy) is 1. The monoisotopic (exact) mass is 408 g/mol. The predicted octanol–water partition coefficient (Wildman–Crippen LogP) is 1.02. The molecule has 4 aliphatic rings. The average molecular weight is 408 g/mol. The zero-order valence-corrected chi connectivity index (χ0v) is 16.4. The van der Waals surface area contributed by atoms with Gasteiger partial charge in [-0.05, 0) is 25.0 Å². The molecular weight excluding hydrogens is 384 g/mol. The van der Waals surface area contributed by atoms with Crippen molar-refractivity contribution in [2.45, 2.75) is 49.3 Å². The van der Waals surface area contributed by atoms with Crippen LogP contribution >= 0.6 is 0 Å². The zero-order chi connectivity index (χ0) is 20.6. The molecule has 30 heavy (non-hydrogen) atoms. The molecule has 2 bridgehead atoms. The molecule has 2 aliphatic carbocycles. The summed E-state index contributed by atoms with van der Waals surface area (Å²) in [4.78, 5) is 12.9. The van der Waals surface area contributed by atoms with Gasteiger partial charge in [0.05, 0.1) is 24.0 Å². The quantitative estimate of drug-likeness (QED) is 0.439. The third-order valence-corrected chi connectivity index (χ3v) is 7.85. The molecule has 2 aromatic carbocycles. The Morgan fingerprint density at radius 1 is 1.23 bits per heavy atom. The molecule has 6 rings (SSSR count). The van der Waals surface area contributed by atoms with Crippen molar-refractivity contribution in [3.63, 3.8) is 0 Å². The van der Waals surface area contributed by atoms with Gasteiger partial charge in [0.2, 0.25) is 0 Å². The molecule has 1 saturated heterocycles. The van der Waals surface area contributed by atoms with Crippen molar-refractivity contribution in [2.24, 2.45) is 5.92 Å². The number of phenolic OH excluding ortho intramolecular Hbond substituents is 2. The Kier molecular flexibility index (Phi) is 3.68. The fourth-order valence-corrected chi connectivity index (χ4v) is 6.70. The van der Waals surface area contributed by atoms with Crippen molar-refractivity contribution in [3.8, 4) is 17.2 Å². The SMILES string of the molecule is O=C(N[C@H]1CC[C@H]2[C@H]3Cc4c(O)c(O)cc5c4[C@@]2(CC[NH+]3[O-])[C@H]1O5)c1ccccc1. The summed E-state index contributed by atoms with van der Waals surface area (Å²) in [6, 6.07) is 10.2. The molecule has 156 valence electrons. The van der Waals surface area contributed by atoms with Crippen LogP contribution in [0.4, 0.5) is 0 Å². The molecule has 2 fully saturated rings. The van der Waals surface area contributed by atoms with Crippen molar-refractivity contribution in [3.05, 3.63) is 58.3 Å². The first-order chi connectivity index (χ1) is 14.5. The Morgan fingerprint density at radius 3 is 2.83 bits per heavy atom. The lowest BCUT2D eigenvalue weighted by Crippen LogP contribution is -3.15. The van der Waals surface area contributed by atoms with Crippen LogP contribution in [0, 0.1) is 11.1 Å². The number of hydrogen-bond donors (Lipinski definition) is 4. The van der Waals surface area contributed by atoms with Gasteiger partial charge in [-0.25, -0.2) is 0 Å². The number of aromatic hydroxyl groups is 2. The van der Waals surface area contributed by atoms with E-state index in [-0.39, 0.29) is 46.6 Å². The van der Waals surface area contributed by atoms with Crippen LogP contribution in [0.15, 0.2) is 36.4 Å². The summed E-state index contributed by atoms with van der Waals surface area (Å²) in [6.45, 7) is 0.487. The van der Waals surface area contributed by atoms with E-state index >= 15 is 0 Å². The summed E-state index contributed by atoms with van der Waals surface area (Å²) in [5.41, 5.74) is 1.80. The highest BCUT2D eigenvalue weighted by Crippen LogP contribution is 2.62. The lowest BCUT2D eigenvalue weighted by Gasteiger charge is -2.58. The Balaban J connectivity index is 1.44. The summed E-state index contributed by atoms with van der Waals surface area (Å²) in [5.74, 6) is 0.244. The van der Waals surface area contributed by atoms with Crippen LogP contribution in [-0.4, -0.2) is 40.9 Å². The normalized spacial score (nSPS) is 35.3. The molecule has 7 nitrogen and oxygen atoms in total. The number of rotatable bonds is 2. The number of carbonyl (C=O) groups excluding carboxylic acids is 1. The highest BCUT2D eigenvalue weighted by Gasteiger charge is 2.67. The van der Waals surface area contributed by atoms with Gasteiger partial charge in [-0.15, -0.1) is 0 Å². The highest BCUT2D eigenvalue weighted by atomic mass is 16.5. The number of hydrogen-bond acceptors (Lipinski definition) is 5. The van der Waals surface area contributed by atoms with Crippen molar-refractivity contribution >= 4 is 5.91 Å². The van der Waals surface area contributed by atoms with Crippen molar-refractivity contribution in [1.82, 2.24) is 5.32 Å². The van der Waals surface area contributed by atoms with E-state index in [0.717, 1.165) is 18.4 Å².